The van der Waals surface area contributed by atoms with Crippen LogP contribution in [0.4, 0.5) is 0 Å². The third-order valence-corrected chi connectivity index (χ3v) is 3.64. The topological polar surface area (TPSA) is 93.0 Å². The maximum Gasteiger partial charge on any atom is 0.189 e. The van der Waals surface area contributed by atoms with Gasteiger partial charge in [0.1, 0.15) is 18.5 Å². The van der Waals surface area contributed by atoms with Crippen molar-refractivity contribution in [3.8, 4) is 0 Å². The average Bonchev–Trinajstić information content (AvgIpc) is 3.12. The van der Waals surface area contributed by atoms with Crippen molar-refractivity contribution >= 4 is 16.8 Å². The first-order valence-electron chi connectivity index (χ1n) is 6.76. The van der Waals surface area contributed by atoms with Crippen LogP contribution >= 0.6 is 0 Å². The second kappa shape index (κ2) is 4.80. The Kier molecular flexibility index (Phi) is 2.82. The Morgan fingerprint density at radius 1 is 1.25 bits per heavy atom. The van der Waals surface area contributed by atoms with Crippen molar-refractivity contribution in [3.63, 3.8) is 0 Å². The monoisotopic (exact) mass is 273 g/mol. The molecule has 8 nitrogen and oxygen atoms in total. The number of aromatic nitrogens is 6. The van der Waals surface area contributed by atoms with Crippen LogP contribution in [-0.2, 0) is 11.3 Å². The molecule has 0 aromatic carbocycles. The molecule has 2 N–H and O–H groups in total. The molecule has 3 aromatic heterocycles. The number of hydrogen-bond donors (Lipinski definition) is 2. The molecule has 0 unspecified atom stereocenters. The number of hydrogen-bond acceptors (Lipinski definition) is 6. The van der Waals surface area contributed by atoms with Gasteiger partial charge in [-0.05, 0) is 25.9 Å². The molecule has 8 heteroatoms. The molecule has 1 saturated heterocycles. The van der Waals surface area contributed by atoms with E-state index in [1.807, 2.05) is 4.40 Å². The number of piperidine rings is 1. The van der Waals surface area contributed by atoms with E-state index in [1.54, 1.807) is 12.7 Å². The quantitative estimate of drug-likeness (QED) is 0.711. The zero-order valence-electron chi connectivity index (χ0n) is 10.9. The van der Waals surface area contributed by atoms with Crippen molar-refractivity contribution < 1.29 is 4.74 Å². The third kappa shape index (κ3) is 1.93. The van der Waals surface area contributed by atoms with E-state index in [0.717, 1.165) is 42.9 Å². The van der Waals surface area contributed by atoms with Crippen molar-refractivity contribution in [3.05, 3.63) is 18.5 Å². The maximum absolute atomic E-state index is 5.91. The lowest BCUT2D eigenvalue weighted by Gasteiger charge is -2.22. The van der Waals surface area contributed by atoms with Crippen LogP contribution < -0.4 is 5.32 Å². The van der Waals surface area contributed by atoms with E-state index >= 15 is 0 Å². The van der Waals surface area contributed by atoms with Gasteiger partial charge in [-0.15, -0.1) is 10.2 Å². The van der Waals surface area contributed by atoms with Crippen LogP contribution in [0.15, 0.2) is 12.7 Å². The summed E-state index contributed by atoms with van der Waals surface area (Å²) in [6, 6.07) is 0. The predicted octanol–water partition coefficient (Wildman–Crippen LogP) is 0.269. The summed E-state index contributed by atoms with van der Waals surface area (Å²) in [5.41, 5.74) is 2.18. The summed E-state index contributed by atoms with van der Waals surface area (Å²) in [6.45, 7) is 2.48. The summed E-state index contributed by atoms with van der Waals surface area (Å²) < 4.78 is 7.76. The first-order chi connectivity index (χ1) is 9.92. The minimum atomic E-state index is 0.299. The Balaban J connectivity index is 1.60. The molecule has 4 rings (SSSR count). The first-order valence-corrected chi connectivity index (χ1v) is 6.76. The number of nitrogens with one attached hydrogen (secondary N) is 2. The van der Waals surface area contributed by atoms with Crippen LogP contribution in [0, 0.1) is 0 Å². The Hall–Kier alpha value is -2.06. The zero-order chi connectivity index (χ0) is 13.4. The highest BCUT2D eigenvalue weighted by Gasteiger charge is 2.16. The Morgan fingerprint density at radius 3 is 3.05 bits per heavy atom. The summed E-state index contributed by atoms with van der Waals surface area (Å²) in [6.07, 6.45) is 5.68. The number of H-pyrrole nitrogens is 1. The van der Waals surface area contributed by atoms with Gasteiger partial charge < -0.3 is 15.0 Å². The van der Waals surface area contributed by atoms with Gasteiger partial charge in [-0.2, -0.15) is 0 Å². The van der Waals surface area contributed by atoms with Crippen molar-refractivity contribution in [2.75, 3.05) is 13.1 Å². The summed E-state index contributed by atoms with van der Waals surface area (Å²) in [5, 5.41) is 11.7. The standard InChI is InChI=1S/C12H15N7O/c1-3-13-4-2-8(1)20-5-9-17-18-12-10-11(15-6-14-10)16-7-19(9)12/h6-8,13H,1-5H2,(H,14,15). The van der Waals surface area contributed by atoms with Gasteiger partial charge in [-0.1, -0.05) is 0 Å². The van der Waals surface area contributed by atoms with Gasteiger partial charge in [0.2, 0.25) is 0 Å². The molecule has 0 saturated carbocycles. The largest absolute Gasteiger partial charge is 0.370 e. The number of nitrogens with zero attached hydrogens (tertiary/aromatic N) is 5. The molecular formula is C12H15N7O. The number of imidazole rings is 1. The molecule has 1 aliphatic rings. The normalized spacial score (nSPS) is 17.2. The molecular weight excluding hydrogens is 258 g/mol. The molecule has 1 aliphatic heterocycles. The number of ether oxygens (including phenoxy) is 1. The molecule has 1 fully saturated rings. The van der Waals surface area contributed by atoms with Crippen LogP contribution in [0.5, 0.6) is 0 Å². The fraction of sp³-hybridized carbons (Fsp3) is 0.500. The molecule has 3 aromatic rings. The second-order valence-corrected chi connectivity index (χ2v) is 4.92. The molecule has 0 aliphatic carbocycles. The molecule has 0 atom stereocenters. The highest BCUT2D eigenvalue weighted by Crippen LogP contribution is 2.15. The number of rotatable bonds is 3. The predicted molar refractivity (Wildman–Crippen MR) is 71.1 cm³/mol. The van der Waals surface area contributed by atoms with Crippen molar-refractivity contribution in [1.29, 1.82) is 0 Å². The zero-order valence-corrected chi connectivity index (χ0v) is 10.9. The molecule has 0 amide bonds. The van der Waals surface area contributed by atoms with Crippen molar-refractivity contribution in [1.82, 2.24) is 34.9 Å². The molecule has 0 bridgehead atoms. The summed E-state index contributed by atoms with van der Waals surface area (Å²) in [5.74, 6) is 0.766. The Labute approximate surface area is 114 Å². The fourth-order valence-electron chi connectivity index (χ4n) is 2.53. The van der Waals surface area contributed by atoms with Gasteiger partial charge in [-0.25, -0.2) is 9.97 Å². The van der Waals surface area contributed by atoms with Gasteiger partial charge in [0, 0.05) is 0 Å². The van der Waals surface area contributed by atoms with E-state index in [-0.39, 0.29) is 0 Å². The third-order valence-electron chi connectivity index (χ3n) is 3.64. The molecule has 4 heterocycles. The minimum absolute atomic E-state index is 0.299. The molecule has 104 valence electrons. The van der Waals surface area contributed by atoms with E-state index in [0.29, 0.717) is 18.4 Å². The SMILES string of the molecule is c1nc2ncn3c(COC4CCNCC4)nnc3c2[nH]1. The maximum atomic E-state index is 5.91. The van der Waals surface area contributed by atoms with Gasteiger partial charge in [0.25, 0.3) is 0 Å². The number of aromatic amines is 1. The van der Waals surface area contributed by atoms with E-state index < -0.39 is 0 Å². The lowest BCUT2D eigenvalue weighted by Crippen LogP contribution is -2.32. The fourth-order valence-corrected chi connectivity index (χ4v) is 2.53. The Morgan fingerprint density at radius 2 is 2.15 bits per heavy atom. The minimum Gasteiger partial charge on any atom is -0.370 e. The number of fused-ring (bicyclic) bond motifs is 3. The molecule has 0 spiro atoms. The average molecular weight is 273 g/mol. The lowest BCUT2D eigenvalue weighted by molar-refractivity contribution is 0.0174. The highest BCUT2D eigenvalue weighted by atomic mass is 16.5. The summed E-state index contributed by atoms with van der Waals surface area (Å²) in [4.78, 5) is 11.4. The van der Waals surface area contributed by atoms with E-state index in [2.05, 4.69) is 30.5 Å². The first kappa shape index (κ1) is 11.7. The van der Waals surface area contributed by atoms with E-state index in [4.69, 9.17) is 4.74 Å². The second-order valence-electron chi connectivity index (χ2n) is 4.92. The van der Waals surface area contributed by atoms with Crippen molar-refractivity contribution in [2.45, 2.75) is 25.6 Å². The smallest absolute Gasteiger partial charge is 0.189 e. The lowest BCUT2D eigenvalue weighted by atomic mass is 10.1. The van der Waals surface area contributed by atoms with Gasteiger partial charge in [-0.3, -0.25) is 4.40 Å². The van der Waals surface area contributed by atoms with Gasteiger partial charge in [0.15, 0.2) is 17.1 Å². The van der Waals surface area contributed by atoms with Crippen LogP contribution in [0.1, 0.15) is 18.7 Å². The van der Waals surface area contributed by atoms with Gasteiger partial charge >= 0.3 is 0 Å². The van der Waals surface area contributed by atoms with Crippen LogP contribution in [0.25, 0.3) is 16.8 Å². The molecule has 0 radical (unpaired) electrons. The van der Waals surface area contributed by atoms with Crippen LogP contribution in [0.3, 0.4) is 0 Å². The van der Waals surface area contributed by atoms with Crippen molar-refractivity contribution in [2.24, 2.45) is 0 Å². The van der Waals surface area contributed by atoms with E-state index in [9.17, 15) is 0 Å². The highest BCUT2D eigenvalue weighted by molar-refractivity contribution is 5.84. The van der Waals surface area contributed by atoms with E-state index in [1.165, 1.54) is 0 Å². The van der Waals surface area contributed by atoms with Crippen LogP contribution in [-0.4, -0.2) is 48.7 Å². The van der Waals surface area contributed by atoms with Gasteiger partial charge in [0.05, 0.1) is 12.4 Å². The molecule has 20 heavy (non-hydrogen) atoms. The summed E-state index contributed by atoms with van der Waals surface area (Å²) >= 11 is 0. The van der Waals surface area contributed by atoms with Crippen LogP contribution in [0.2, 0.25) is 0 Å². The Bertz CT molecular complexity index is 728. The summed E-state index contributed by atoms with van der Waals surface area (Å²) in [7, 11) is 0.